The zero-order valence-corrected chi connectivity index (χ0v) is 21.7. The summed E-state index contributed by atoms with van der Waals surface area (Å²) < 4.78 is 31.8. The first-order chi connectivity index (χ1) is 19.2. The van der Waals surface area contributed by atoms with Crippen LogP contribution in [0.15, 0.2) is 97.2 Å². The molecule has 9 nitrogen and oxygen atoms in total. The highest BCUT2D eigenvalue weighted by atomic mass is 16.6. The van der Waals surface area contributed by atoms with Gasteiger partial charge in [-0.15, -0.1) is 5.10 Å². The average molecular weight is 530 g/mol. The first-order valence-electron chi connectivity index (χ1n) is 12.8. The number of aromatic nitrogens is 3. The highest BCUT2D eigenvalue weighted by Crippen LogP contribution is 2.35. The summed E-state index contributed by atoms with van der Waals surface area (Å²) in [5.74, 6) is -0.573. The van der Waals surface area contributed by atoms with Gasteiger partial charge in [0.2, 0.25) is 0 Å². The number of esters is 1. The van der Waals surface area contributed by atoms with Crippen molar-refractivity contribution in [3.8, 4) is 0 Å². The number of nitrogens with zero attached hydrogens (tertiary/aromatic N) is 3. The first-order valence-corrected chi connectivity index (χ1v) is 12.8. The van der Waals surface area contributed by atoms with Gasteiger partial charge in [-0.1, -0.05) is 96.2 Å². The summed E-state index contributed by atoms with van der Waals surface area (Å²) in [7, 11) is 1.31. The molecule has 0 N–H and O–H groups in total. The molecule has 5 rings (SSSR count). The molecule has 0 spiro atoms. The van der Waals surface area contributed by atoms with Crippen LogP contribution in [0.3, 0.4) is 0 Å². The third-order valence-electron chi connectivity index (χ3n) is 6.46. The van der Waals surface area contributed by atoms with Crippen molar-refractivity contribution in [1.82, 2.24) is 15.0 Å². The minimum absolute atomic E-state index is 0.156. The topological polar surface area (TPSA) is 93.9 Å². The van der Waals surface area contributed by atoms with Crippen LogP contribution in [0.25, 0.3) is 0 Å². The van der Waals surface area contributed by atoms with Crippen LogP contribution in [0.5, 0.6) is 0 Å². The molecule has 3 aromatic carbocycles. The van der Waals surface area contributed by atoms with Crippen LogP contribution in [-0.2, 0) is 43.5 Å². The summed E-state index contributed by atoms with van der Waals surface area (Å²) in [6.45, 7) is 1.33. The molecule has 1 aliphatic rings. The second-order valence-corrected chi connectivity index (χ2v) is 9.14. The minimum Gasteiger partial charge on any atom is -0.464 e. The Morgan fingerprint density at radius 3 is 1.90 bits per heavy atom. The van der Waals surface area contributed by atoms with Gasteiger partial charge in [0.1, 0.15) is 18.3 Å². The zero-order chi connectivity index (χ0) is 26.9. The fourth-order valence-corrected chi connectivity index (χ4v) is 4.50. The molecule has 0 aliphatic carbocycles. The van der Waals surface area contributed by atoms with Crippen LogP contribution in [0.2, 0.25) is 0 Å². The number of carbonyl (C=O) groups is 1. The second kappa shape index (κ2) is 13.3. The maximum Gasteiger partial charge on any atom is 0.358 e. The monoisotopic (exact) mass is 529 g/mol. The Morgan fingerprint density at radius 1 is 0.795 bits per heavy atom. The molecule has 1 saturated heterocycles. The molecule has 0 saturated carbocycles. The lowest BCUT2D eigenvalue weighted by molar-refractivity contribution is -0.0941. The van der Waals surface area contributed by atoms with Crippen molar-refractivity contribution >= 4 is 5.97 Å². The molecule has 2 heterocycles. The highest BCUT2D eigenvalue weighted by molar-refractivity contribution is 5.86. The van der Waals surface area contributed by atoms with Crippen molar-refractivity contribution in [2.45, 2.75) is 44.4 Å². The molecule has 4 aromatic rings. The van der Waals surface area contributed by atoms with E-state index in [1.807, 2.05) is 91.0 Å². The van der Waals surface area contributed by atoms with Gasteiger partial charge in [-0.25, -0.2) is 9.48 Å². The first kappa shape index (κ1) is 26.7. The summed E-state index contributed by atoms with van der Waals surface area (Å²) >= 11 is 0. The summed E-state index contributed by atoms with van der Waals surface area (Å²) in [5.41, 5.74) is 3.22. The molecule has 0 amide bonds. The Kier molecular flexibility index (Phi) is 9.08. The molecule has 1 aliphatic heterocycles. The number of carbonyl (C=O) groups excluding carboxylic acids is 1. The van der Waals surface area contributed by atoms with Crippen LogP contribution in [0.4, 0.5) is 0 Å². The number of methoxy groups -OCH3 is 1. The maximum absolute atomic E-state index is 12.5. The third kappa shape index (κ3) is 6.76. The van der Waals surface area contributed by atoms with Gasteiger partial charge in [0.15, 0.2) is 11.9 Å². The van der Waals surface area contributed by atoms with Crippen molar-refractivity contribution in [3.05, 3.63) is 120 Å². The van der Waals surface area contributed by atoms with Crippen LogP contribution in [0, 0.1) is 0 Å². The third-order valence-corrected chi connectivity index (χ3v) is 6.46. The van der Waals surface area contributed by atoms with E-state index in [2.05, 4.69) is 10.3 Å². The van der Waals surface area contributed by atoms with Gasteiger partial charge in [0.25, 0.3) is 0 Å². The SMILES string of the molecule is COC(=O)c1cnnn1[C@@H]1O[C@H](COCc2ccccc2)[C@@H](OCc2ccccc2)[C@@H]1OCc1ccccc1. The van der Waals surface area contributed by atoms with E-state index in [-0.39, 0.29) is 12.3 Å². The Morgan fingerprint density at radius 2 is 1.33 bits per heavy atom. The van der Waals surface area contributed by atoms with Crippen LogP contribution >= 0.6 is 0 Å². The lowest BCUT2D eigenvalue weighted by Gasteiger charge is -2.25. The highest BCUT2D eigenvalue weighted by Gasteiger charge is 2.49. The number of benzene rings is 3. The molecule has 1 fully saturated rings. The molecule has 0 radical (unpaired) electrons. The fraction of sp³-hybridized carbons (Fsp3) is 0.300. The van der Waals surface area contributed by atoms with E-state index < -0.39 is 30.5 Å². The van der Waals surface area contributed by atoms with Crippen LogP contribution in [0.1, 0.15) is 33.4 Å². The smallest absolute Gasteiger partial charge is 0.358 e. The van der Waals surface area contributed by atoms with Crippen molar-refractivity contribution in [1.29, 1.82) is 0 Å². The van der Waals surface area contributed by atoms with Crippen LogP contribution < -0.4 is 0 Å². The molecular weight excluding hydrogens is 498 g/mol. The Balaban J connectivity index is 1.41. The van der Waals surface area contributed by atoms with Crippen molar-refractivity contribution < 1.29 is 28.5 Å². The van der Waals surface area contributed by atoms with E-state index in [1.165, 1.54) is 18.0 Å². The lowest BCUT2D eigenvalue weighted by atomic mass is 10.1. The van der Waals surface area contributed by atoms with Gasteiger partial charge in [0, 0.05) is 0 Å². The van der Waals surface area contributed by atoms with Crippen molar-refractivity contribution in [2.24, 2.45) is 0 Å². The Labute approximate surface area is 227 Å². The molecular formula is C30H31N3O6. The van der Waals surface area contributed by atoms with Crippen LogP contribution in [-0.4, -0.2) is 53.0 Å². The fourth-order valence-electron chi connectivity index (χ4n) is 4.50. The molecule has 0 bridgehead atoms. The lowest BCUT2D eigenvalue weighted by Crippen LogP contribution is -2.38. The zero-order valence-electron chi connectivity index (χ0n) is 21.7. The Hall–Kier alpha value is -3.89. The van der Waals surface area contributed by atoms with Crippen molar-refractivity contribution in [3.63, 3.8) is 0 Å². The predicted molar refractivity (Wildman–Crippen MR) is 141 cm³/mol. The second-order valence-electron chi connectivity index (χ2n) is 9.14. The van der Waals surface area contributed by atoms with Gasteiger partial charge < -0.3 is 23.7 Å². The minimum atomic E-state index is -0.795. The number of rotatable bonds is 12. The summed E-state index contributed by atoms with van der Waals surface area (Å²) in [5, 5.41) is 8.09. The summed E-state index contributed by atoms with van der Waals surface area (Å²) in [6.07, 6.45) is -1.09. The van der Waals surface area contributed by atoms with E-state index in [4.69, 9.17) is 23.7 Å². The van der Waals surface area contributed by atoms with E-state index >= 15 is 0 Å². The van der Waals surface area contributed by atoms with Crippen molar-refractivity contribution in [2.75, 3.05) is 13.7 Å². The van der Waals surface area contributed by atoms with Gasteiger partial charge in [0.05, 0.1) is 39.7 Å². The summed E-state index contributed by atoms with van der Waals surface area (Å²) in [4.78, 5) is 12.5. The van der Waals surface area contributed by atoms with E-state index in [0.717, 1.165) is 16.7 Å². The Bertz CT molecular complexity index is 1300. The van der Waals surface area contributed by atoms with E-state index in [1.54, 1.807) is 0 Å². The maximum atomic E-state index is 12.5. The van der Waals surface area contributed by atoms with Gasteiger partial charge in [-0.05, 0) is 16.7 Å². The molecule has 0 unspecified atom stereocenters. The number of hydrogen-bond acceptors (Lipinski definition) is 8. The quantitative estimate of drug-likeness (QED) is 0.250. The van der Waals surface area contributed by atoms with Gasteiger partial charge in [-0.3, -0.25) is 0 Å². The normalized spacial score (nSPS) is 20.6. The summed E-state index contributed by atoms with van der Waals surface area (Å²) in [6, 6.07) is 29.7. The van der Waals surface area contributed by atoms with Gasteiger partial charge in [-0.2, -0.15) is 0 Å². The molecule has 1 aromatic heterocycles. The molecule has 9 heteroatoms. The molecule has 39 heavy (non-hydrogen) atoms. The van der Waals surface area contributed by atoms with E-state index in [0.29, 0.717) is 19.8 Å². The number of hydrogen-bond donors (Lipinski definition) is 0. The molecule has 4 atom stereocenters. The average Bonchev–Trinajstić information content (AvgIpc) is 3.61. The standard InChI is InChI=1S/C30H31N3O6/c1-35-30(34)25-17-31-32-33(25)29-28(38-20-24-15-9-4-10-16-24)27(37-19-23-13-7-3-8-14-23)26(39-29)21-36-18-22-11-5-2-6-12-22/h2-17,26-29H,18-21H2,1H3/t26-,27-,28+,29-/m1/s1. The van der Waals surface area contributed by atoms with E-state index in [9.17, 15) is 4.79 Å². The molecule has 202 valence electrons. The largest absolute Gasteiger partial charge is 0.464 e. The number of ether oxygens (including phenoxy) is 5. The predicted octanol–water partition coefficient (Wildman–Crippen LogP) is 4.35. The van der Waals surface area contributed by atoms with Gasteiger partial charge >= 0.3 is 5.97 Å².